The molecule has 0 aliphatic carbocycles. The molecular weight excluding hydrogens is 166 g/mol. The van der Waals surface area contributed by atoms with Gasteiger partial charge in [-0.25, -0.2) is 0 Å². The molecule has 0 N–H and O–H groups in total. The third-order valence-corrected chi connectivity index (χ3v) is 2.61. The Morgan fingerprint density at radius 1 is 1.62 bits per heavy atom. The first-order chi connectivity index (χ1) is 6.40. The Balaban J connectivity index is 0.000000980. The maximum atomic E-state index is 5.59. The molecule has 0 amide bonds. The van der Waals surface area contributed by atoms with Gasteiger partial charge in [0, 0.05) is 20.8 Å². The van der Waals surface area contributed by atoms with Crippen molar-refractivity contribution < 1.29 is 10.9 Å². The summed E-state index contributed by atoms with van der Waals surface area (Å²) in [5.74, 6) is 1.03. The van der Waals surface area contributed by atoms with Crippen molar-refractivity contribution in [3.63, 3.8) is 0 Å². The highest BCUT2D eigenvalue weighted by molar-refractivity contribution is 5.03. The smallest absolute Gasteiger partial charge is 0.141 e. The van der Waals surface area contributed by atoms with Crippen LogP contribution >= 0.6 is 0 Å². The fourth-order valence-corrected chi connectivity index (χ4v) is 1.79. The Hall–Kier alpha value is -0.700. The van der Waals surface area contributed by atoms with Gasteiger partial charge in [-0.05, 0) is 19.8 Å². The van der Waals surface area contributed by atoms with Gasteiger partial charge in [0.25, 0.3) is 0 Å². The Labute approximate surface area is 80.8 Å². The summed E-state index contributed by atoms with van der Waals surface area (Å²) in [4.78, 5) is 2.28. The van der Waals surface area contributed by atoms with Crippen LogP contribution in [-0.2, 0) is 9.47 Å². The standard InChI is InChI=1S/C10H17NO2.H2/c1-2-11-5-7-13-10(8-11)9-4-3-6-12-9;/h8-9H,2-7H2,1H3;1H/t9-;/m0./s1. The topological polar surface area (TPSA) is 21.7 Å². The van der Waals surface area contributed by atoms with Crippen LogP contribution in [0, 0.1) is 0 Å². The quantitative estimate of drug-likeness (QED) is 0.652. The van der Waals surface area contributed by atoms with Crippen LogP contribution in [0.25, 0.3) is 0 Å². The summed E-state index contributed by atoms with van der Waals surface area (Å²) in [5, 5.41) is 0. The molecule has 13 heavy (non-hydrogen) atoms. The van der Waals surface area contributed by atoms with Gasteiger partial charge in [-0.2, -0.15) is 0 Å². The highest BCUT2D eigenvalue weighted by atomic mass is 16.5. The van der Waals surface area contributed by atoms with Gasteiger partial charge in [-0.15, -0.1) is 0 Å². The summed E-state index contributed by atoms with van der Waals surface area (Å²) >= 11 is 0. The van der Waals surface area contributed by atoms with E-state index < -0.39 is 0 Å². The summed E-state index contributed by atoms with van der Waals surface area (Å²) in [7, 11) is 0. The zero-order chi connectivity index (χ0) is 9.10. The zero-order valence-electron chi connectivity index (χ0n) is 8.16. The Morgan fingerprint density at radius 3 is 3.23 bits per heavy atom. The van der Waals surface area contributed by atoms with Gasteiger partial charge in [0.1, 0.15) is 18.5 Å². The predicted octanol–water partition coefficient (Wildman–Crippen LogP) is 1.60. The number of likely N-dealkylation sites (N-methyl/N-ethyl adjacent to an activating group) is 1. The van der Waals surface area contributed by atoms with E-state index in [0.717, 1.165) is 44.9 Å². The van der Waals surface area contributed by atoms with Crippen LogP contribution in [0.4, 0.5) is 0 Å². The van der Waals surface area contributed by atoms with Gasteiger partial charge in [0.05, 0.1) is 6.54 Å². The molecule has 2 heterocycles. The monoisotopic (exact) mass is 185 g/mol. The maximum absolute atomic E-state index is 5.59. The largest absolute Gasteiger partial charge is 0.492 e. The molecule has 0 aromatic heterocycles. The molecule has 3 heteroatoms. The third kappa shape index (κ3) is 1.97. The molecule has 0 bridgehead atoms. The molecular formula is C10H19NO2. The molecule has 0 aromatic rings. The average Bonchev–Trinajstić information content (AvgIpc) is 2.71. The fourth-order valence-electron chi connectivity index (χ4n) is 1.79. The van der Waals surface area contributed by atoms with Gasteiger partial charge < -0.3 is 14.4 Å². The molecule has 0 spiro atoms. The molecule has 2 rings (SSSR count). The average molecular weight is 185 g/mol. The summed E-state index contributed by atoms with van der Waals surface area (Å²) < 4.78 is 11.2. The summed E-state index contributed by atoms with van der Waals surface area (Å²) in [5.41, 5.74) is 0. The molecule has 0 radical (unpaired) electrons. The van der Waals surface area contributed by atoms with Gasteiger partial charge in [-0.3, -0.25) is 0 Å². The number of hydrogen-bond acceptors (Lipinski definition) is 3. The molecule has 1 atom stereocenters. The van der Waals surface area contributed by atoms with Crippen molar-refractivity contribution in [3.05, 3.63) is 12.0 Å². The van der Waals surface area contributed by atoms with Crippen molar-refractivity contribution >= 4 is 0 Å². The van der Waals surface area contributed by atoms with Crippen LogP contribution in [0.5, 0.6) is 0 Å². The lowest BCUT2D eigenvalue weighted by Gasteiger charge is -2.28. The first-order valence-corrected chi connectivity index (χ1v) is 5.10. The van der Waals surface area contributed by atoms with Gasteiger partial charge in [0.15, 0.2) is 0 Å². The van der Waals surface area contributed by atoms with Crippen LogP contribution in [0.1, 0.15) is 21.2 Å². The summed E-state index contributed by atoms with van der Waals surface area (Å²) in [6, 6.07) is 0. The van der Waals surface area contributed by atoms with Gasteiger partial charge >= 0.3 is 0 Å². The molecule has 0 aromatic carbocycles. The number of nitrogens with zero attached hydrogens (tertiary/aromatic N) is 1. The van der Waals surface area contributed by atoms with Crippen molar-refractivity contribution in [2.45, 2.75) is 25.9 Å². The number of rotatable bonds is 2. The number of hydrogen-bond donors (Lipinski definition) is 0. The molecule has 1 fully saturated rings. The first kappa shape index (κ1) is 8.88. The maximum Gasteiger partial charge on any atom is 0.141 e. The van der Waals surface area contributed by atoms with E-state index in [0.29, 0.717) is 0 Å². The first-order valence-electron chi connectivity index (χ1n) is 5.10. The van der Waals surface area contributed by atoms with E-state index in [9.17, 15) is 0 Å². The second-order valence-electron chi connectivity index (χ2n) is 3.51. The Bertz CT molecular complexity index is 202. The molecule has 0 saturated carbocycles. The molecule has 2 aliphatic heterocycles. The van der Waals surface area contributed by atoms with E-state index in [2.05, 4.69) is 18.0 Å². The number of ether oxygens (including phenoxy) is 2. The van der Waals surface area contributed by atoms with E-state index in [-0.39, 0.29) is 7.53 Å². The van der Waals surface area contributed by atoms with Gasteiger partial charge in [-0.1, -0.05) is 0 Å². The van der Waals surface area contributed by atoms with Crippen molar-refractivity contribution in [1.82, 2.24) is 4.90 Å². The van der Waals surface area contributed by atoms with Crippen LogP contribution in [-0.4, -0.2) is 37.3 Å². The minimum absolute atomic E-state index is 0. The lowest BCUT2D eigenvalue weighted by Crippen LogP contribution is -2.30. The van der Waals surface area contributed by atoms with E-state index in [1.807, 2.05) is 0 Å². The van der Waals surface area contributed by atoms with E-state index in [1.54, 1.807) is 0 Å². The second-order valence-corrected chi connectivity index (χ2v) is 3.51. The molecule has 1 saturated heterocycles. The molecule has 2 aliphatic rings. The van der Waals surface area contributed by atoms with Crippen LogP contribution in [0.2, 0.25) is 0 Å². The molecule has 0 unspecified atom stereocenters. The highest BCUT2D eigenvalue weighted by Crippen LogP contribution is 2.22. The van der Waals surface area contributed by atoms with E-state index in [1.165, 1.54) is 0 Å². The third-order valence-electron chi connectivity index (χ3n) is 2.61. The van der Waals surface area contributed by atoms with E-state index in [4.69, 9.17) is 9.47 Å². The normalized spacial score (nSPS) is 28.5. The Morgan fingerprint density at radius 2 is 2.54 bits per heavy atom. The van der Waals surface area contributed by atoms with Gasteiger partial charge in [0.2, 0.25) is 0 Å². The van der Waals surface area contributed by atoms with E-state index >= 15 is 0 Å². The van der Waals surface area contributed by atoms with Crippen LogP contribution < -0.4 is 0 Å². The lowest BCUT2D eigenvalue weighted by atomic mass is 10.2. The van der Waals surface area contributed by atoms with Crippen molar-refractivity contribution in [2.75, 3.05) is 26.3 Å². The Kier molecular flexibility index (Phi) is 2.74. The lowest BCUT2D eigenvalue weighted by molar-refractivity contribution is 0.0493. The minimum atomic E-state index is 0. The molecule has 76 valence electrons. The van der Waals surface area contributed by atoms with Crippen molar-refractivity contribution in [1.29, 1.82) is 0 Å². The van der Waals surface area contributed by atoms with Crippen molar-refractivity contribution in [3.8, 4) is 0 Å². The fraction of sp³-hybridized carbons (Fsp3) is 0.800. The summed E-state index contributed by atoms with van der Waals surface area (Å²) in [6.45, 7) is 5.91. The van der Waals surface area contributed by atoms with Crippen LogP contribution in [0.3, 0.4) is 0 Å². The SMILES string of the molecule is CCN1C=C([C@@H]2CCCO2)OCC1.[HH]. The zero-order valence-corrected chi connectivity index (χ0v) is 8.16. The minimum Gasteiger partial charge on any atom is -0.492 e. The van der Waals surface area contributed by atoms with Crippen LogP contribution in [0.15, 0.2) is 12.0 Å². The molecule has 3 nitrogen and oxygen atoms in total. The summed E-state index contributed by atoms with van der Waals surface area (Å²) in [6.07, 6.45) is 4.62. The predicted molar refractivity (Wildman–Crippen MR) is 52.4 cm³/mol. The second kappa shape index (κ2) is 4.01. The van der Waals surface area contributed by atoms with Crippen molar-refractivity contribution in [2.24, 2.45) is 0 Å². The highest BCUT2D eigenvalue weighted by Gasteiger charge is 2.24.